The number of halogens is 1. The SMILES string of the molecule is COc1ccc(-c2cc(NN[C@@H](C)c3ccc(F)cc3)nc(Nc3cnccn3)c2)cn1. The molecule has 0 aliphatic heterocycles. The second kappa shape index (κ2) is 9.80. The lowest BCUT2D eigenvalue weighted by Gasteiger charge is -2.17. The van der Waals surface area contributed by atoms with Crippen molar-refractivity contribution in [3.8, 4) is 17.0 Å². The Hall–Kier alpha value is -4.11. The van der Waals surface area contributed by atoms with E-state index in [9.17, 15) is 4.39 Å². The monoisotopic (exact) mass is 431 g/mol. The number of rotatable bonds is 8. The summed E-state index contributed by atoms with van der Waals surface area (Å²) < 4.78 is 18.4. The van der Waals surface area contributed by atoms with E-state index in [-0.39, 0.29) is 11.9 Å². The summed E-state index contributed by atoms with van der Waals surface area (Å²) in [5, 5.41) is 3.16. The minimum atomic E-state index is -0.267. The topological polar surface area (TPSA) is 96.9 Å². The number of hydrogen-bond donors (Lipinski definition) is 3. The molecule has 0 spiro atoms. The van der Waals surface area contributed by atoms with Crippen LogP contribution < -0.4 is 20.9 Å². The lowest BCUT2D eigenvalue weighted by molar-refractivity contribution is 0.398. The van der Waals surface area contributed by atoms with Crippen LogP contribution in [0.3, 0.4) is 0 Å². The van der Waals surface area contributed by atoms with E-state index in [1.54, 1.807) is 50.1 Å². The van der Waals surface area contributed by atoms with Crippen molar-refractivity contribution in [1.29, 1.82) is 0 Å². The van der Waals surface area contributed by atoms with Crippen molar-refractivity contribution >= 4 is 17.5 Å². The molecule has 0 fully saturated rings. The Morgan fingerprint density at radius 1 is 0.875 bits per heavy atom. The van der Waals surface area contributed by atoms with Crippen LogP contribution in [0.15, 0.2) is 73.3 Å². The van der Waals surface area contributed by atoms with Gasteiger partial charge in [-0.15, -0.1) is 0 Å². The predicted octanol–water partition coefficient (Wildman–Crippen LogP) is 4.50. The van der Waals surface area contributed by atoms with Gasteiger partial charge in [0.15, 0.2) is 0 Å². The zero-order valence-electron chi connectivity index (χ0n) is 17.6. The van der Waals surface area contributed by atoms with Crippen molar-refractivity contribution in [3.05, 3.63) is 84.7 Å². The largest absolute Gasteiger partial charge is 0.481 e. The van der Waals surface area contributed by atoms with Crippen molar-refractivity contribution in [1.82, 2.24) is 25.4 Å². The molecule has 1 aromatic carbocycles. The molecule has 3 N–H and O–H groups in total. The van der Waals surface area contributed by atoms with Gasteiger partial charge in [0, 0.05) is 36.3 Å². The Kier molecular flexibility index (Phi) is 6.47. The molecular weight excluding hydrogens is 409 g/mol. The highest BCUT2D eigenvalue weighted by Crippen LogP contribution is 2.27. The van der Waals surface area contributed by atoms with Gasteiger partial charge in [0.1, 0.15) is 23.3 Å². The van der Waals surface area contributed by atoms with Gasteiger partial charge < -0.3 is 15.5 Å². The third-order valence-corrected chi connectivity index (χ3v) is 4.71. The van der Waals surface area contributed by atoms with Gasteiger partial charge in [0.05, 0.1) is 13.3 Å². The van der Waals surface area contributed by atoms with Crippen molar-refractivity contribution in [2.24, 2.45) is 0 Å². The second-order valence-corrected chi connectivity index (χ2v) is 6.97. The molecular formula is C23H22FN7O. The summed E-state index contributed by atoms with van der Waals surface area (Å²) >= 11 is 0. The van der Waals surface area contributed by atoms with E-state index < -0.39 is 0 Å². The van der Waals surface area contributed by atoms with Gasteiger partial charge in [-0.05, 0) is 48.4 Å². The number of ether oxygens (including phenoxy) is 1. The molecule has 0 saturated carbocycles. The number of hydrazine groups is 1. The van der Waals surface area contributed by atoms with E-state index in [0.29, 0.717) is 23.3 Å². The first-order valence-corrected chi connectivity index (χ1v) is 9.93. The number of nitrogens with zero attached hydrogens (tertiary/aromatic N) is 4. The molecule has 162 valence electrons. The third kappa shape index (κ3) is 5.32. The minimum Gasteiger partial charge on any atom is -0.481 e. The maximum Gasteiger partial charge on any atom is 0.212 e. The first-order valence-electron chi connectivity index (χ1n) is 9.93. The predicted molar refractivity (Wildman–Crippen MR) is 121 cm³/mol. The highest BCUT2D eigenvalue weighted by atomic mass is 19.1. The molecule has 0 aliphatic rings. The molecule has 0 bridgehead atoms. The van der Waals surface area contributed by atoms with Crippen molar-refractivity contribution in [2.45, 2.75) is 13.0 Å². The van der Waals surface area contributed by atoms with E-state index in [4.69, 9.17) is 4.74 Å². The number of anilines is 3. The molecule has 3 heterocycles. The smallest absolute Gasteiger partial charge is 0.212 e. The number of nitrogens with one attached hydrogen (secondary N) is 3. The van der Waals surface area contributed by atoms with Crippen LogP contribution in [0.25, 0.3) is 11.1 Å². The van der Waals surface area contributed by atoms with Crippen molar-refractivity contribution in [2.75, 3.05) is 17.9 Å². The lowest BCUT2D eigenvalue weighted by Crippen LogP contribution is -2.26. The highest BCUT2D eigenvalue weighted by molar-refractivity contribution is 5.71. The summed E-state index contributed by atoms with van der Waals surface area (Å²) in [5.74, 6) is 2.00. The second-order valence-electron chi connectivity index (χ2n) is 6.97. The number of benzene rings is 1. The molecule has 1 atom stereocenters. The van der Waals surface area contributed by atoms with Crippen LogP contribution in [0.4, 0.5) is 21.8 Å². The molecule has 0 aliphatic carbocycles. The average Bonchev–Trinajstić information content (AvgIpc) is 2.83. The Labute approximate surface area is 184 Å². The third-order valence-electron chi connectivity index (χ3n) is 4.71. The first kappa shape index (κ1) is 21.1. The first-order chi connectivity index (χ1) is 15.6. The molecule has 0 radical (unpaired) electrons. The molecule has 0 unspecified atom stereocenters. The number of methoxy groups -OCH3 is 1. The fourth-order valence-electron chi connectivity index (χ4n) is 3.01. The lowest BCUT2D eigenvalue weighted by atomic mass is 10.1. The van der Waals surface area contributed by atoms with E-state index in [1.807, 2.05) is 25.1 Å². The number of hydrogen-bond acceptors (Lipinski definition) is 8. The normalized spacial score (nSPS) is 11.6. The molecule has 0 saturated heterocycles. The average molecular weight is 431 g/mol. The molecule has 3 aromatic heterocycles. The van der Waals surface area contributed by atoms with Crippen LogP contribution in [0.5, 0.6) is 5.88 Å². The fourth-order valence-corrected chi connectivity index (χ4v) is 3.01. The van der Waals surface area contributed by atoms with Crippen LogP contribution >= 0.6 is 0 Å². The zero-order valence-corrected chi connectivity index (χ0v) is 17.6. The Morgan fingerprint density at radius 3 is 2.38 bits per heavy atom. The molecule has 4 aromatic rings. The Balaban J connectivity index is 1.59. The van der Waals surface area contributed by atoms with Gasteiger partial charge in [0.25, 0.3) is 0 Å². The summed E-state index contributed by atoms with van der Waals surface area (Å²) in [7, 11) is 1.58. The number of aromatic nitrogens is 4. The van der Waals surface area contributed by atoms with Gasteiger partial charge in [-0.3, -0.25) is 4.98 Å². The van der Waals surface area contributed by atoms with Gasteiger partial charge in [-0.1, -0.05) is 12.1 Å². The van der Waals surface area contributed by atoms with E-state index in [1.165, 1.54) is 12.1 Å². The van der Waals surface area contributed by atoms with Crippen LogP contribution in [0.2, 0.25) is 0 Å². The standard InChI is InChI=1S/C23H22FN7O/c1-15(16-3-6-19(24)7-4-16)30-31-21-12-18(17-5-8-23(32-2)27-13-17)11-20(28-21)29-22-14-25-9-10-26-22/h3-15,30H,1-2H3,(H2,26,28,29,31)/t15-/m0/s1. The van der Waals surface area contributed by atoms with E-state index >= 15 is 0 Å². The van der Waals surface area contributed by atoms with Crippen LogP contribution in [0.1, 0.15) is 18.5 Å². The fraction of sp³-hybridized carbons (Fsp3) is 0.130. The van der Waals surface area contributed by atoms with E-state index in [0.717, 1.165) is 16.7 Å². The molecule has 0 amide bonds. The van der Waals surface area contributed by atoms with Gasteiger partial charge in [-0.2, -0.15) is 0 Å². The molecule has 8 nitrogen and oxygen atoms in total. The van der Waals surface area contributed by atoms with Crippen LogP contribution in [0, 0.1) is 5.82 Å². The molecule has 9 heteroatoms. The minimum absolute atomic E-state index is 0.0832. The van der Waals surface area contributed by atoms with E-state index in [2.05, 4.69) is 36.1 Å². The number of pyridine rings is 2. The Morgan fingerprint density at radius 2 is 1.69 bits per heavy atom. The Bertz CT molecular complexity index is 1160. The summed E-state index contributed by atoms with van der Waals surface area (Å²) in [4.78, 5) is 17.2. The maximum absolute atomic E-state index is 13.2. The summed E-state index contributed by atoms with van der Waals surface area (Å²) in [6.07, 6.45) is 6.56. The van der Waals surface area contributed by atoms with Crippen molar-refractivity contribution < 1.29 is 9.13 Å². The molecule has 4 rings (SSSR count). The summed E-state index contributed by atoms with van der Waals surface area (Å²) in [6.45, 7) is 1.97. The summed E-state index contributed by atoms with van der Waals surface area (Å²) in [6, 6.07) is 13.8. The van der Waals surface area contributed by atoms with Gasteiger partial charge in [0.2, 0.25) is 5.88 Å². The van der Waals surface area contributed by atoms with Gasteiger partial charge in [-0.25, -0.2) is 24.8 Å². The van der Waals surface area contributed by atoms with Gasteiger partial charge >= 0.3 is 0 Å². The zero-order chi connectivity index (χ0) is 22.3. The maximum atomic E-state index is 13.2. The quantitative estimate of drug-likeness (QED) is 0.351. The van der Waals surface area contributed by atoms with Crippen LogP contribution in [-0.4, -0.2) is 27.0 Å². The van der Waals surface area contributed by atoms with Crippen LogP contribution in [-0.2, 0) is 0 Å². The van der Waals surface area contributed by atoms with Crippen molar-refractivity contribution in [3.63, 3.8) is 0 Å². The highest BCUT2D eigenvalue weighted by Gasteiger charge is 2.09. The molecule has 32 heavy (non-hydrogen) atoms. The summed E-state index contributed by atoms with van der Waals surface area (Å²) in [5.41, 5.74) is 9.06.